The Morgan fingerprint density at radius 1 is 1.06 bits per heavy atom. The zero-order chi connectivity index (χ0) is 13.3. The maximum atomic E-state index is 9.58. The molecule has 0 spiro atoms. The molecule has 0 aliphatic rings. The highest BCUT2D eigenvalue weighted by Crippen LogP contribution is 2.26. The zero-order valence-electron chi connectivity index (χ0n) is 11.1. The van der Waals surface area contributed by atoms with Gasteiger partial charge in [0.15, 0.2) is 0 Å². The zero-order valence-corrected chi connectivity index (χ0v) is 11.1. The Bertz CT molecular complexity index is 307. The van der Waals surface area contributed by atoms with Crippen LogP contribution in [0.3, 0.4) is 0 Å². The lowest BCUT2D eigenvalue weighted by Crippen LogP contribution is -2.34. The number of ether oxygens (including phenoxy) is 1. The number of aliphatic hydroxyl groups is 2. The first-order valence-corrected chi connectivity index (χ1v) is 6.60. The quantitative estimate of drug-likeness (QED) is 0.661. The van der Waals surface area contributed by atoms with Crippen LogP contribution in [0.15, 0.2) is 30.3 Å². The number of aliphatic hydroxyl groups excluding tert-OH is 2. The lowest BCUT2D eigenvalue weighted by atomic mass is 9.80. The second-order valence-electron chi connectivity index (χ2n) is 4.84. The molecule has 0 heterocycles. The number of rotatable bonds is 9. The molecule has 0 amide bonds. The van der Waals surface area contributed by atoms with Crippen molar-refractivity contribution < 1.29 is 14.9 Å². The van der Waals surface area contributed by atoms with Crippen LogP contribution in [0.25, 0.3) is 0 Å². The van der Waals surface area contributed by atoms with Gasteiger partial charge in [0.2, 0.25) is 0 Å². The summed E-state index contributed by atoms with van der Waals surface area (Å²) in [5.41, 5.74) is 0.658. The maximum absolute atomic E-state index is 9.58. The molecule has 102 valence electrons. The number of hydrogen-bond donors (Lipinski definition) is 2. The molecule has 3 heteroatoms. The molecule has 2 N–H and O–H groups in total. The highest BCUT2D eigenvalue weighted by Gasteiger charge is 2.28. The molecule has 1 rings (SSSR count). The Morgan fingerprint density at radius 3 is 2.28 bits per heavy atom. The van der Waals surface area contributed by atoms with Gasteiger partial charge in [-0.05, 0) is 24.8 Å². The molecule has 0 bridgehead atoms. The molecule has 0 aliphatic carbocycles. The van der Waals surface area contributed by atoms with Crippen molar-refractivity contribution in [2.45, 2.75) is 26.2 Å². The lowest BCUT2D eigenvalue weighted by molar-refractivity contribution is 0.0160. The molecular weight excluding hydrogens is 228 g/mol. The van der Waals surface area contributed by atoms with Gasteiger partial charge in [-0.1, -0.05) is 37.3 Å². The Labute approximate surface area is 109 Å². The van der Waals surface area contributed by atoms with Gasteiger partial charge >= 0.3 is 0 Å². The van der Waals surface area contributed by atoms with Crippen molar-refractivity contribution in [1.82, 2.24) is 0 Å². The Balaban J connectivity index is 2.56. The average molecular weight is 252 g/mol. The third kappa shape index (κ3) is 4.77. The molecular formula is C15H24O3. The van der Waals surface area contributed by atoms with Gasteiger partial charge in [0.05, 0.1) is 13.2 Å². The Hall–Kier alpha value is -0.900. The smallest absolute Gasteiger partial charge is 0.0513 e. The van der Waals surface area contributed by atoms with Gasteiger partial charge < -0.3 is 14.9 Å². The number of hydrogen-bond acceptors (Lipinski definition) is 3. The van der Waals surface area contributed by atoms with Crippen LogP contribution in [0.4, 0.5) is 0 Å². The van der Waals surface area contributed by atoms with Gasteiger partial charge in [-0.25, -0.2) is 0 Å². The van der Waals surface area contributed by atoms with Gasteiger partial charge in [-0.2, -0.15) is 0 Å². The van der Waals surface area contributed by atoms with E-state index in [1.54, 1.807) is 0 Å². The summed E-state index contributed by atoms with van der Waals surface area (Å²) in [7, 11) is 0. The molecule has 18 heavy (non-hydrogen) atoms. The normalized spacial score (nSPS) is 11.7. The van der Waals surface area contributed by atoms with Crippen molar-refractivity contribution in [2.24, 2.45) is 5.41 Å². The van der Waals surface area contributed by atoms with Crippen molar-refractivity contribution in [2.75, 3.05) is 26.4 Å². The summed E-state index contributed by atoms with van der Waals surface area (Å²) in [6.07, 6.45) is 2.34. The first-order chi connectivity index (χ1) is 8.76. The van der Waals surface area contributed by atoms with E-state index in [0.29, 0.717) is 19.4 Å². The first-order valence-electron chi connectivity index (χ1n) is 6.60. The fourth-order valence-corrected chi connectivity index (χ4v) is 1.97. The molecule has 0 aromatic heterocycles. The molecule has 1 aromatic carbocycles. The van der Waals surface area contributed by atoms with E-state index in [4.69, 9.17) is 4.74 Å². The highest BCUT2D eigenvalue weighted by molar-refractivity contribution is 5.16. The fourth-order valence-electron chi connectivity index (χ4n) is 1.97. The van der Waals surface area contributed by atoms with Crippen LogP contribution in [0.5, 0.6) is 0 Å². The van der Waals surface area contributed by atoms with Crippen molar-refractivity contribution in [1.29, 1.82) is 0 Å². The first kappa shape index (κ1) is 15.2. The van der Waals surface area contributed by atoms with E-state index in [1.807, 2.05) is 30.3 Å². The third-order valence-corrected chi connectivity index (χ3v) is 3.22. The summed E-state index contributed by atoms with van der Waals surface area (Å²) < 4.78 is 5.46. The monoisotopic (exact) mass is 252 g/mol. The third-order valence-electron chi connectivity index (χ3n) is 3.22. The minimum absolute atomic E-state index is 0.0200. The number of benzene rings is 1. The molecule has 0 saturated carbocycles. The molecule has 0 saturated heterocycles. The summed E-state index contributed by atoms with van der Waals surface area (Å²) in [5, 5.41) is 19.2. The predicted octanol–water partition coefficient (Wildman–Crippen LogP) is 2.02. The average Bonchev–Trinajstić information content (AvgIpc) is 2.43. The van der Waals surface area contributed by atoms with Crippen molar-refractivity contribution in [3.05, 3.63) is 35.9 Å². The topological polar surface area (TPSA) is 49.7 Å². The van der Waals surface area contributed by atoms with Gasteiger partial charge in [0.1, 0.15) is 0 Å². The van der Waals surface area contributed by atoms with Crippen LogP contribution < -0.4 is 0 Å². The Morgan fingerprint density at radius 2 is 1.72 bits per heavy atom. The summed E-state index contributed by atoms with van der Waals surface area (Å²) in [5.74, 6) is 0. The molecule has 0 fully saturated rings. The van der Waals surface area contributed by atoms with E-state index in [1.165, 1.54) is 0 Å². The van der Waals surface area contributed by atoms with Gasteiger partial charge in [-0.3, -0.25) is 0 Å². The van der Waals surface area contributed by atoms with E-state index in [0.717, 1.165) is 18.6 Å². The summed E-state index contributed by atoms with van der Waals surface area (Å²) >= 11 is 0. The van der Waals surface area contributed by atoms with Crippen LogP contribution in [-0.4, -0.2) is 36.6 Å². The lowest BCUT2D eigenvalue weighted by Gasteiger charge is -2.30. The van der Waals surface area contributed by atoms with E-state index in [2.05, 4.69) is 6.92 Å². The Kier molecular flexibility index (Phi) is 6.94. The van der Waals surface area contributed by atoms with Crippen molar-refractivity contribution in [3.63, 3.8) is 0 Å². The van der Waals surface area contributed by atoms with Crippen LogP contribution in [0.2, 0.25) is 0 Å². The van der Waals surface area contributed by atoms with Crippen molar-refractivity contribution in [3.8, 4) is 0 Å². The van der Waals surface area contributed by atoms with Crippen LogP contribution in [0, 0.1) is 5.41 Å². The second-order valence-corrected chi connectivity index (χ2v) is 4.84. The molecule has 0 unspecified atom stereocenters. The largest absolute Gasteiger partial charge is 0.396 e. The fraction of sp³-hybridized carbons (Fsp3) is 0.600. The van der Waals surface area contributed by atoms with Crippen LogP contribution in [0.1, 0.15) is 25.3 Å². The van der Waals surface area contributed by atoms with E-state index in [9.17, 15) is 10.2 Å². The van der Waals surface area contributed by atoms with Crippen molar-refractivity contribution >= 4 is 0 Å². The second kappa shape index (κ2) is 8.25. The van der Waals surface area contributed by atoms with Crippen LogP contribution in [-0.2, 0) is 11.2 Å². The molecule has 0 atom stereocenters. The summed E-state index contributed by atoms with van der Waals surface area (Å²) in [6, 6.07) is 9.96. The highest BCUT2D eigenvalue weighted by atomic mass is 16.5. The maximum Gasteiger partial charge on any atom is 0.0513 e. The molecule has 1 aromatic rings. The summed E-state index contributed by atoms with van der Waals surface area (Å²) in [4.78, 5) is 0. The molecule has 0 radical (unpaired) electrons. The minimum Gasteiger partial charge on any atom is -0.396 e. The van der Waals surface area contributed by atoms with E-state index < -0.39 is 5.41 Å². The predicted molar refractivity (Wildman–Crippen MR) is 72.5 cm³/mol. The van der Waals surface area contributed by atoms with E-state index >= 15 is 0 Å². The summed E-state index contributed by atoms with van der Waals surface area (Å²) in [6.45, 7) is 3.34. The van der Waals surface area contributed by atoms with Gasteiger partial charge in [-0.15, -0.1) is 0 Å². The van der Waals surface area contributed by atoms with E-state index in [-0.39, 0.29) is 13.2 Å². The molecule has 3 nitrogen and oxygen atoms in total. The minimum atomic E-state index is -0.477. The van der Waals surface area contributed by atoms with Gasteiger partial charge in [0, 0.05) is 18.6 Å². The SMILES string of the molecule is CCCOCCC(CO)(CO)Cc1ccccc1. The standard InChI is InChI=1S/C15H24O3/c1-2-9-18-10-8-15(12-16,13-17)11-14-6-4-3-5-7-14/h3-7,16-17H,2,8-13H2,1H3. The molecule has 0 aliphatic heterocycles. The van der Waals surface area contributed by atoms with Crippen LogP contribution >= 0.6 is 0 Å². The van der Waals surface area contributed by atoms with Gasteiger partial charge in [0.25, 0.3) is 0 Å².